The highest BCUT2D eigenvalue weighted by atomic mass is 16.5. The average Bonchev–Trinajstić information content (AvgIpc) is 3.30. The van der Waals surface area contributed by atoms with Gasteiger partial charge in [0.2, 0.25) is 0 Å². The molecule has 0 bridgehead atoms. The zero-order valence-corrected chi connectivity index (χ0v) is 22.3. The van der Waals surface area contributed by atoms with E-state index < -0.39 is 5.54 Å². The molecule has 4 aromatic rings. The minimum Gasteiger partial charge on any atom is -0.493 e. The summed E-state index contributed by atoms with van der Waals surface area (Å²) in [7, 11) is 3.19. The molecule has 1 aliphatic carbocycles. The lowest BCUT2D eigenvalue weighted by molar-refractivity contribution is 0.0803. The molecular formula is C31H34N2O5. The molecule has 1 aromatic heterocycles. The van der Waals surface area contributed by atoms with Gasteiger partial charge >= 0.3 is 0 Å². The summed E-state index contributed by atoms with van der Waals surface area (Å²) in [5.74, 6) is 1.46. The third kappa shape index (κ3) is 4.82. The summed E-state index contributed by atoms with van der Waals surface area (Å²) in [5.41, 5.74) is 4.77. The molecule has 3 N–H and O–H groups in total. The van der Waals surface area contributed by atoms with Gasteiger partial charge in [-0.3, -0.25) is 4.79 Å². The van der Waals surface area contributed by atoms with Crippen molar-refractivity contribution in [3.8, 4) is 28.4 Å². The molecule has 1 unspecified atom stereocenters. The fourth-order valence-corrected chi connectivity index (χ4v) is 5.31. The van der Waals surface area contributed by atoms with E-state index in [0.717, 1.165) is 34.0 Å². The monoisotopic (exact) mass is 514 g/mol. The standard InChI is InChI=1S/C31H34N2O5/c1-19(2)38-27-11-9-20(21-10-12-28(36-3)29(16-21)37-4)15-23(27)30(35)33-31(18-34)14-13-26-24(17-31)22-7-5-6-8-25(22)32-26/h5-12,15-16,19,32,34H,13-14,17-18H2,1-4H3,(H,33,35). The van der Waals surface area contributed by atoms with E-state index in [1.54, 1.807) is 14.2 Å². The number of aliphatic hydroxyl groups excluding tert-OH is 1. The van der Waals surface area contributed by atoms with Crippen LogP contribution in [0.25, 0.3) is 22.0 Å². The van der Waals surface area contributed by atoms with Gasteiger partial charge < -0.3 is 29.6 Å². The fourth-order valence-electron chi connectivity index (χ4n) is 5.31. The number of hydrogen-bond acceptors (Lipinski definition) is 5. The molecule has 0 fully saturated rings. The van der Waals surface area contributed by atoms with Crippen molar-refractivity contribution in [1.29, 1.82) is 0 Å². The van der Waals surface area contributed by atoms with Crippen LogP contribution < -0.4 is 19.5 Å². The van der Waals surface area contributed by atoms with Crippen LogP contribution in [0.4, 0.5) is 0 Å². The van der Waals surface area contributed by atoms with Crippen LogP contribution in [-0.4, -0.2) is 48.5 Å². The molecule has 5 rings (SSSR count). The van der Waals surface area contributed by atoms with Gasteiger partial charge in [-0.25, -0.2) is 0 Å². The first-order valence-corrected chi connectivity index (χ1v) is 12.9. The molecule has 198 valence electrons. The number of carbonyl (C=O) groups excluding carboxylic acids is 1. The molecule has 1 heterocycles. The van der Waals surface area contributed by atoms with Crippen LogP contribution >= 0.6 is 0 Å². The summed E-state index contributed by atoms with van der Waals surface area (Å²) >= 11 is 0. The number of rotatable bonds is 8. The van der Waals surface area contributed by atoms with E-state index in [-0.39, 0.29) is 18.6 Å². The largest absolute Gasteiger partial charge is 0.493 e. The predicted octanol–water partition coefficient (Wildman–Crippen LogP) is 5.29. The average molecular weight is 515 g/mol. The lowest BCUT2D eigenvalue weighted by Crippen LogP contribution is -2.54. The van der Waals surface area contributed by atoms with Crippen molar-refractivity contribution in [2.24, 2.45) is 0 Å². The number of amides is 1. The molecule has 0 radical (unpaired) electrons. The number of aliphatic hydroxyl groups is 1. The van der Waals surface area contributed by atoms with Crippen LogP contribution in [0.1, 0.15) is 41.9 Å². The second-order valence-corrected chi connectivity index (χ2v) is 10.1. The molecule has 1 aliphatic rings. The molecule has 0 spiro atoms. The van der Waals surface area contributed by atoms with Crippen molar-refractivity contribution >= 4 is 16.8 Å². The van der Waals surface area contributed by atoms with Gasteiger partial charge in [-0.1, -0.05) is 30.3 Å². The number of methoxy groups -OCH3 is 2. The topological polar surface area (TPSA) is 92.8 Å². The Morgan fingerprint density at radius 1 is 1.00 bits per heavy atom. The maximum absolute atomic E-state index is 13.8. The lowest BCUT2D eigenvalue weighted by atomic mass is 9.80. The Morgan fingerprint density at radius 2 is 1.71 bits per heavy atom. The summed E-state index contributed by atoms with van der Waals surface area (Å²) in [4.78, 5) is 17.3. The van der Waals surface area contributed by atoms with Crippen LogP contribution in [0.2, 0.25) is 0 Å². The zero-order valence-electron chi connectivity index (χ0n) is 22.3. The number of aromatic amines is 1. The molecule has 7 nitrogen and oxygen atoms in total. The normalized spacial score (nSPS) is 16.8. The van der Waals surface area contributed by atoms with Crippen molar-refractivity contribution in [2.45, 2.75) is 44.8 Å². The van der Waals surface area contributed by atoms with Crippen LogP contribution in [0.5, 0.6) is 17.2 Å². The number of hydrogen-bond donors (Lipinski definition) is 3. The smallest absolute Gasteiger partial charge is 0.255 e. The Hall–Kier alpha value is -3.97. The van der Waals surface area contributed by atoms with E-state index in [1.807, 2.05) is 62.4 Å². The lowest BCUT2D eigenvalue weighted by Gasteiger charge is -2.37. The Kier molecular flexibility index (Phi) is 7.04. The first kappa shape index (κ1) is 25.7. The second-order valence-electron chi connectivity index (χ2n) is 10.1. The van der Waals surface area contributed by atoms with Gasteiger partial charge in [-0.05, 0) is 73.7 Å². The summed E-state index contributed by atoms with van der Waals surface area (Å²) < 4.78 is 16.9. The van der Waals surface area contributed by atoms with E-state index in [0.29, 0.717) is 35.7 Å². The molecule has 38 heavy (non-hydrogen) atoms. The van der Waals surface area contributed by atoms with Gasteiger partial charge in [0.15, 0.2) is 11.5 Å². The van der Waals surface area contributed by atoms with Crippen LogP contribution in [0.3, 0.4) is 0 Å². The van der Waals surface area contributed by atoms with Crippen molar-refractivity contribution < 1.29 is 24.1 Å². The first-order chi connectivity index (χ1) is 18.4. The molecular weight excluding hydrogens is 480 g/mol. The molecule has 0 aliphatic heterocycles. The van der Waals surface area contributed by atoms with Crippen LogP contribution in [-0.2, 0) is 12.8 Å². The van der Waals surface area contributed by atoms with Gasteiger partial charge in [0, 0.05) is 23.0 Å². The zero-order chi connectivity index (χ0) is 26.9. The highest BCUT2D eigenvalue weighted by Crippen LogP contribution is 2.36. The van der Waals surface area contributed by atoms with Crippen molar-refractivity contribution in [3.63, 3.8) is 0 Å². The highest BCUT2D eigenvalue weighted by Gasteiger charge is 2.37. The number of carbonyl (C=O) groups is 1. The molecule has 0 saturated carbocycles. The van der Waals surface area contributed by atoms with Gasteiger partial charge in [0.25, 0.3) is 5.91 Å². The highest BCUT2D eigenvalue weighted by molar-refractivity contribution is 5.99. The summed E-state index contributed by atoms with van der Waals surface area (Å²) in [6, 6.07) is 19.4. The third-order valence-corrected chi connectivity index (χ3v) is 7.26. The Morgan fingerprint density at radius 3 is 2.42 bits per heavy atom. The number of aryl methyl sites for hydroxylation is 1. The fraction of sp³-hybridized carbons (Fsp3) is 0.323. The van der Waals surface area contributed by atoms with Gasteiger partial charge in [-0.2, -0.15) is 0 Å². The number of aromatic nitrogens is 1. The second kappa shape index (κ2) is 10.4. The summed E-state index contributed by atoms with van der Waals surface area (Å²) in [6.07, 6.45) is 1.81. The molecule has 7 heteroatoms. The van der Waals surface area contributed by atoms with Gasteiger partial charge in [0.1, 0.15) is 5.75 Å². The number of para-hydroxylation sites is 1. The minimum atomic E-state index is -0.774. The number of fused-ring (bicyclic) bond motifs is 3. The van der Waals surface area contributed by atoms with Crippen molar-refractivity contribution in [2.75, 3.05) is 20.8 Å². The maximum Gasteiger partial charge on any atom is 0.255 e. The van der Waals surface area contributed by atoms with E-state index in [9.17, 15) is 9.90 Å². The Labute approximate surface area is 222 Å². The van der Waals surface area contributed by atoms with E-state index in [1.165, 1.54) is 5.69 Å². The molecule has 1 amide bonds. The van der Waals surface area contributed by atoms with Gasteiger partial charge in [0.05, 0.1) is 38.0 Å². The van der Waals surface area contributed by atoms with E-state index >= 15 is 0 Å². The SMILES string of the molecule is COc1ccc(-c2ccc(OC(C)C)c(C(=O)NC3(CO)CCc4[nH]c5ccccc5c4C3)c2)cc1OC. The number of ether oxygens (including phenoxy) is 3. The molecule has 0 saturated heterocycles. The molecule has 3 aromatic carbocycles. The van der Waals surface area contributed by atoms with Crippen LogP contribution in [0, 0.1) is 0 Å². The minimum absolute atomic E-state index is 0.108. The first-order valence-electron chi connectivity index (χ1n) is 12.9. The quantitative estimate of drug-likeness (QED) is 0.297. The number of nitrogens with one attached hydrogen (secondary N) is 2. The third-order valence-electron chi connectivity index (χ3n) is 7.26. The summed E-state index contributed by atoms with van der Waals surface area (Å²) in [6.45, 7) is 3.70. The molecule has 1 atom stereocenters. The van der Waals surface area contributed by atoms with Crippen molar-refractivity contribution in [1.82, 2.24) is 10.3 Å². The van der Waals surface area contributed by atoms with Crippen molar-refractivity contribution in [3.05, 3.63) is 77.5 Å². The van der Waals surface area contributed by atoms with Crippen LogP contribution in [0.15, 0.2) is 60.7 Å². The Bertz CT molecular complexity index is 1470. The number of H-pyrrole nitrogens is 1. The number of benzene rings is 3. The Balaban J connectivity index is 1.49. The maximum atomic E-state index is 13.8. The van der Waals surface area contributed by atoms with Gasteiger partial charge in [-0.15, -0.1) is 0 Å². The van der Waals surface area contributed by atoms with E-state index in [2.05, 4.69) is 22.4 Å². The summed E-state index contributed by atoms with van der Waals surface area (Å²) in [5, 5.41) is 14.9. The van der Waals surface area contributed by atoms with E-state index in [4.69, 9.17) is 14.2 Å². The predicted molar refractivity (Wildman–Crippen MR) is 148 cm³/mol.